The highest BCUT2D eigenvalue weighted by molar-refractivity contribution is 5.75. The Morgan fingerprint density at radius 3 is 2.35 bits per heavy atom. The minimum absolute atomic E-state index is 0.144. The molecule has 8 heteroatoms. The monoisotopic (exact) mass is 353 g/mol. The number of hydrogen-bond donors (Lipinski definition) is 1. The Morgan fingerprint density at radius 2 is 1.85 bits per heavy atom. The molecule has 134 valence electrons. The highest BCUT2D eigenvalue weighted by Crippen LogP contribution is 2.21. The van der Waals surface area contributed by atoms with Gasteiger partial charge in [-0.15, -0.1) is 0 Å². The van der Waals surface area contributed by atoms with Gasteiger partial charge in [0.1, 0.15) is 11.9 Å². The predicted molar refractivity (Wildman–Crippen MR) is 96.2 cm³/mol. The van der Waals surface area contributed by atoms with Crippen LogP contribution in [0.2, 0.25) is 0 Å². The number of amides is 1. The summed E-state index contributed by atoms with van der Waals surface area (Å²) < 4.78 is 0.900. The Kier molecular flexibility index (Phi) is 4.63. The van der Waals surface area contributed by atoms with Crippen molar-refractivity contribution in [3.63, 3.8) is 0 Å². The van der Waals surface area contributed by atoms with Crippen molar-refractivity contribution < 1.29 is 9.90 Å². The number of aromatic nitrogens is 2. The minimum Gasteiger partial charge on any atom is -0.464 e. The molecule has 0 saturated heterocycles. The first-order valence-corrected chi connectivity index (χ1v) is 8.26. The lowest BCUT2D eigenvalue weighted by atomic mass is 10.0. The van der Waals surface area contributed by atoms with Crippen LogP contribution in [0, 0.1) is 18.3 Å². The van der Waals surface area contributed by atoms with Crippen molar-refractivity contribution >= 4 is 11.9 Å². The second kappa shape index (κ2) is 6.88. The highest BCUT2D eigenvalue weighted by Gasteiger charge is 2.24. The van der Waals surface area contributed by atoms with Gasteiger partial charge in [0.2, 0.25) is 0 Å². The van der Waals surface area contributed by atoms with Gasteiger partial charge in [0.25, 0.3) is 5.56 Å². The zero-order valence-corrected chi connectivity index (χ0v) is 14.6. The molecule has 1 aliphatic rings. The summed E-state index contributed by atoms with van der Waals surface area (Å²) in [5.74, 6) is 0.536. The van der Waals surface area contributed by atoms with Crippen LogP contribution < -0.4 is 15.5 Å². The lowest BCUT2D eigenvalue weighted by Crippen LogP contribution is -2.46. The molecule has 1 aromatic carbocycles. The summed E-state index contributed by atoms with van der Waals surface area (Å²) in [6.07, 6.45) is 0.276. The van der Waals surface area contributed by atoms with Gasteiger partial charge in [-0.3, -0.25) is 4.79 Å². The van der Waals surface area contributed by atoms with E-state index in [2.05, 4.69) is 17.1 Å². The number of carboxylic acid groups (broad SMARTS) is 1. The molecule has 3 rings (SSSR count). The zero-order chi connectivity index (χ0) is 18.8. The van der Waals surface area contributed by atoms with E-state index < -0.39 is 11.7 Å². The summed E-state index contributed by atoms with van der Waals surface area (Å²) in [6, 6.07) is 10.1. The molecule has 0 saturated carbocycles. The van der Waals surface area contributed by atoms with Gasteiger partial charge < -0.3 is 10.0 Å². The van der Waals surface area contributed by atoms with Crippen LogP contribution in [0.1, 0.15) is 22.5 Å². The van der Waals surface area contributed by atoms with Crippen LogP contribution in [-0.2, 0) is 12.8 Å². The number of anilines is 1. The molecule has 0 atom stereocenters. The Balaban J connectivity index is 2.03. The Bertz CT molecular complexity index is 933. The standard InChI is InChI=1S/C18H19N5O3/c1-12-20-16(15(11-19)17(24)23(12)21(2)18(25)26)22-9-7-13-5-3-4-6-14(13)8-10-22/h3-6H,7-10H2,1-2H3,(H,25,26). The van der Waals surface area contributed by atoms with Crippen molar-refractivity contribution in [2.75, 3.05) is 30.0 Å². The number of hydrogen-bond acceptors (Lipinski definition) is 5. The maximum atomic E-state index is 12.7. The van der Waals surface area contributed by atoms with Gasteiger partial charge in [0.15, 0.2) is 11.4 Å². The third-order valence-corrected chi connectivity index (χ3v) is 4.61. The Hall–Kier alpha value is -3.34. The number of carbonyl (C=O) groups is 1. The average Bonchev–Trinajstić information content (AvgIpc) is 2.83. The summed E-state index contributed by atoms with van der Waals surface area (Å²) in [7, 11) is 1.24. The van der Waals surface area contributed by atoms with Gasteiger partial charge >= 0.3 is 6.09 Å². The molecule has 0 radical (unpaired) electrons. The van der Waals surface area contributed by atoms with E-state index in [0.29, 0.717) is 18.9 Å². The number of aryl methyl sites for hydroxylation is 1. The van der Waals surface area contributed by atoms with Gasteiger partial charge in [-0.2, -0.15) is 9.94 Å². The maximum Gasteiger partial charge on any atom is 0.426 e. The quantitative estimate of drug-likeness (QED) is 0.872. The van der Waals surface area contributed by atoms with E-state index in [1.807, 2.05) is 23.1 Å². The molecule has 26 heavy (non-hydrogen) atoms. The summed E-state index contributed by atoms with van der Waals surface area (Å²) in [5.41, 5.74) is 1.68. The molecule has 0 aliphatic carbocycles. The van der Waals surface area contributed by atoms with Crippen molar-refractivity contribution in [1.29, 1.82) is 5.26 Å². The number of benzene rings is 1. The number of nitrogens with zero attached hydrogens (tertiary/aromatic N) is 5. The van der Waals surface area contributed by atoms with E-state index in [4.69, 9.17) is 5.11 Å². The summed E-state index contributed by atoms with van der Waals surface area (Å²) in [4.78, 5) is 30.2. The van der Waals surface area contributed by atoms with Crippen LogP contribution in [0.3, 0.4) is 0 Å². The van der Waals surface area contributed by atoms with Crippen LogP contribution in [0.15, 0.2) is 29.1 Å². The molecule has 0 bridgehead atoms. The Morgan fingerprint density at radius 1 is 1.27 bits per heavy atom. The first kappa shape index (κ1) is 17.5. The van der Waals surface area contributed by atoms with Gasteiger partial charge in [0.05, 0.1) is 0 Å². The first-order chi connectivity index (χ1) is 12.4. The predicted octanol–water partition coefficient (Wildman–Crippen LogP) is 1.27. The van der Waals surface area contributed by atoms with Crippen molar-refractivity contribution in [3.8, 4) is 6.07 Å². The molecule has 1 amide bonds. The van der Waals surface area contributed by atoms with Crippen LogP contribution in [-0.4, -0.2) is 41.0 Å². The van der Waals surface area contributed by atoms with Crippen LogP contribution >= 0.6 is 0 Å². The highest BCUT2D eigenvalue weighted by atomic mass is 16.4. The minimum atomic E-state index is -1.31. The van der Waals surface area contributed by atoms with Gasteiger partial charge in [-0.25, -0.2) is 14.8 Å². The molecule has 1 aliphatic heterocycles. The molecular weight excluding hydrogens is 334 g/mol. The fourth-order valence-corrected chi connectivity index (χ4v) is 3.25. The van der Waals surface area contributed by atoms with Crippen LogP contribution in [0.4, 0.5) is 10.6 Å². The van der Waals surface area contributed by atoms with Crippen molar-refractivity contribution in [1.82, 2.24) is 9.66 Å². The smallest absolute Gasteiger partial charge is 0.426 e. The second-order valence-corrected chi connectivity index (χ2v) is 6.15. The summed E-state index contributed by atoms with van der Waals surface area (Å²) >= 11 is 0. The van der Waals surface area contributed by atoms with Gasteiger partial charge in [-0.05, 0) is 30.9 Å². The number of rotatable bonds is 2. The second-order valence-electron chi connectivity index (χ2n) is 6.15. The molecule has 0 spiro atoms. The lowest BCUT2D eigenvalue weighted by Gasteiger charge is -2.25. The molecule has 8 nitrogen and oxygen atoms in total. The van der Waals surface area contributed by atoms with E-state index >= 15 is 0 Å². The van der Waals surface area contributed by atoms with Crippen LogP contribution in [0.5, 0.6) is 0 Å². The fraction of sp³-hybridized carbons (Fsp3) is 0.333. The molecule has 2 heterocycles. The summed E-state index contributed by atoms with van der Waals surface area (Å²) in [5, 5.41) is 19.4. The lowest BCUT2D eigenvalue weighted by molar-refractivity contribution is 0.196. The molecule has 2 aromatic rings. The SMILES string of the molecule is Cc1nc(N2CCc3ccccc3CC2)c(C#N)c(=O)n1N(C)C(=O)O. The molecular formula is C18H19N5O3. The third kappa shape index (κ3) is 2.99. The van der Waals surface area contributed by atoms with E-state index in [1.54, 1.807) is 6.92 Å². The van der Waals surface area contributed by atoms with Crippen molar-refractivity contribution in [2.45, 2.75) is 19.8 Å². The van der Waals surface area contributed by atoms with E-state index in [9.17, 15) is 14.9 Å². The van der Waals surface area contributed by atoms with E-state index in [0.717, 1.165) is 22.5 Å². The maximum absolute atomic E-state index is 12.7. The topological polar surface area (TPSA) is 102 Å². The summed E-state index contributed by atoms with van der Waals surface area (Å²) in [6.45, 7) is 2.82. The Labute approximate surface area is 150 Å². The molecule has 1 aromatic heterocycles. The van der Waals surface area contributed by atoms with E-state index in [1.165, 1.54) is 18.2 Å². The van der Waals surface area contributed by atoms with Crippen LogP contribution in [0.25, 0.3) is 0 Å². The zero-order valence-electron chi connectivity index (χ0n) is 14.6. The first-order valence-electron chi connectivity index (χ1n) is 8.26. The normalized spacial score (nSPS) is 13.5. The van der Waals surface area contributed by atoms with Crippen molar-refractivity contribution in [2.24, 2.45) is 0 Å². The largest absolute Gasteiger partial charge is 0.464 e. The van der Waals surface area contributed by atoms with Crippen molar-refractivity contribution in [3.05, 3.63) is 57.1 Å². The number of fused-ring (bicyclic) bond motifs is 1. The van der Waals surface area contributed by atoms with Gasteiger partial charge in [0, 0.05) is 20.1 Å². The number of nitriles is 1. The molecule has 0 unspecified atom stereocenters. The average molecular weight is 353 g/mol. The van der Waals surface area contributed by atoms with Gasteiger partial charge in [-0.1, -0.05) is 24.3 Å². The fourth-order valence-electron chi connectivity index (χ4n) is 3.25. The van der Waals surface area contributed by atoms with E-state index in [-0.39, 0.29) is 11.4 Å². The molecule has 0 fully saturated rings. The molecule has 1 N–H and O–H groups in total. The third-order valence-electron chi connectivity index (χ3n) is 4.61.